The van der Waals surface area contributed by atoms with Gasteiger partial charge < -0.3 is 0 Å². The number of amides is 1. The van der Waals surface area contributed by atoms with E-state index in [9.17, 15) is 4.79 Å². The van der Waals surface area contributed by atoms with E-state index >= 15 is 0 Å². The van der Waals surface area contributed by atoms with Crippen LogP contribution >= 0.6 is 24.4 Å². The monoisotopic (exact) mass is 343 g/mol. The van der Waals surface area contributed by atoms with Gasteiger partial charge in [0.1, 0.15) is 0 Å². The summed E-state index contributed by atoms with van der Waals surface area (Å²) in [5, 5.41) is 2.15. The first-order valence-corrected chi connectivity index (χ1v) is 9.03. The number of nitrogens with zero attached hydrogens (tertiary/aromatic N) is 2. The van der Waals surface area contributed by atoms with Crippen molar-refractivity contribution in [3.05, 3.63) is 66.2 Å². The summed E-state index contributed by atoms with van der Waals surface area (Å²) in [5.41, 5.74) is 3.86. The Hall–Kier alpha value is -1.92. The summed E-state index contributed by atoms with van der Waals surface area (Å²) >= 11 is 5.86. The summed E-state index contributed by atoms with van der Waals surface area (Å²) in [6, 6.07) is 19.2. The zero-order chi connectivity index (χ0) is 16.3. The zero-order valence-electron chi connectivity index (χ0n) is 12.6. The number of aliphatic imine (C=N–C) groups is 1. The SMILES string of the molecule is CSC1=NC(CS)(c2ccccc2)C(=O)N1Nc1ccccc1. The lowest BCUT2D eigenvalue weighted by Gasteiger charge is -2.25. The Labute approximate surface area is 145 Å². The van der Waals surface area contributed by atoms with Gasteiger partial charge in [0.25, 0.3) is 5.91 Å². The Kier molecular flexibility index (Phi) is 4.63. The Balaban J connectivity index is 1.98. The molecule has 1 amide bonds. The minimum absolute atomic E-state index is 0.119. The van der Waals surface area contributed by atoms with E-state index in [1.807, 2.05) is 66.9 Å². The molecule has 1 aliphatic rings. The number of thiol groups is 1. The molecule has 2 aromatic carbocycles. The van der Waals surface area contributed by atoms with Gasteiger partial charge in [-0.05, 0) is 24.0 Å². The lowest BCUT2D eigenvalue weighted by molar-refractivity contribution is -0.129. The average molecular weight is 343 g/mol. The van der Waals surface area contributed by atoms with Crippen LogP contribution in [0, 0.1) is 0 Å². The maximum atomic E-state index is 13.1. The second-order valence-corrected chi connectivity index (χ2v) is 6.19. The van der Waals surface area contributed by atoms with Gasteiger partial charge in [-0.3, -0.25) is 10.2 Å². The van der Waals surface area contributed by atoms with Crippen LogP contribution in [-0.4, -0.2) is 28.1 Å². The van der Waals surface area contributed by atoms with Crippen LogP contribution in [0.15, 0.2) is 65.7 Å². The molecule has 3 rings (SSSR count). The van der Waals surface area contributed by atoms with E-state index in [4.69, 9.17) is 4.99 Å². The molecule has 2 aromatic rings. The van der Waals surface area contributed by atoms with Crippen LogP contribution in [0.3, 0.4) is 0 Å². The Morgan fingerprint density at radius 2 is 1.74 bits per heavy atom. The molecular formula is C17H17N3OS2. The van der Waals surface area contributed by atoms with Crippen LogP contribution in [0.4, 0.5) is 5.69 Å². The molecular weight excluding hydrogens is 326 g/mol. The fourth-order valence-corrected chi connectivity index (χ4v) is 3.45. The predicted octanol–water partition coefficient (Wildman–Crippen LogP) is 3.40. The predicted molar refractivity (Wildman–Crippen MR) is 99.8 cm³/mol. The number of para-hydroxylation sites is 1. The second-order valence-electron chi connectivity index (χ2n) is 5.10. The molecule has 6 heteroatoms. The van der Waals surface area contributed by atoms with Gasteiger partial charge in [0.2, 0.25) is 0 Å². The Morgan fingerprint density at radius 1 is 1.13 bits per heavy atom. The van der Waals surface area contributed by atoms with Crippen molar-refractivity contribution in [2.75, 3.05) is 17.4 Å². The quantitative estimate of drug-likeness (QED) is 0.837. The molecule has 0 saturated carbocycles. The van der Waals surface area contributed by atoms with Crippen molar-refractivity contribution in [3.8, 4) is 0 Å². The van der Waals surface area contributed by atoms with Crippen molar-refractivity contribution in [2.24, 2.45) is 4.99 Å². The van der Waals surface area contributed by atoms with E-state index in [-0.39, 0.29) is 5.91 Å². The Morgan fingerprint density at radius 3 is 2.30 bits per heavy atom. The number of carbonyl (C=O) groups excluding carboxylic acids is 1. The first-order chi connectivity index (χ1) is 11.2. The fraction of sp³-hybridized carbons (Fsp3) is 0.176. The number of amidine groups is 1. The van der Waals surface area contributed by atoms with Crippen molar-refractivity contribution >= 4 is 41.2 Å². The number of anilines is 1. The highest BCUT2D eigenvalue weighted by molar-refractivity contribution is 8.13. The molecule has 1 aliphatic heterocycles. The number of hydrazine groups is 1. The summed E-state index contributed by atoms with van der Waals surface area (Å²) < 4.78 is 0. The molecule has 118 valence electrons. The third-order valence-electron chi connectivity index (χ3n) is 3.71. The minimum Gasteiger partial charge on any atom is -0.289 e. The van der Waals surface area contributed by atoms with Crippen molar-refractivity contribution in [1.29, 1.82) is 0 Å². The lowest BCUT2D eigenvalue weighted by Crippen LogP contribution is -2.44. The molecule has 1 heterocycles. The van der Waals surface area contributed by atoms with E-state index in [1.165, 1.54) is 16.8 Å². The summed E-state index contributed by atoms with van der Waals surface area (Å²) in [6.07, 6.45) is 1.91. The highest BCUT2D eigenvalue weighted by atomic mass is 32.2. The normalized spacial score (nSPS) is 20.5. The smallest absolute Gasteiger partial charge is 0.280 e. The third-order valence-corrected chi connectivity index (χ3v) is 4.81. The van der Waals surface area contributed by atoms with Gasteiger partial charge >= 0.3 is 0 Å². The standard InChI is InChI=1S/C17H17N3OS2/c1-23-16-18-17(12-22,13-8-4-2-5-9-13)15(21)20(16)19-14-10-6-3-7-11-14/h2-11,19,22H,12H2,1H3. The van der Waals surface area contributed by atoms with Gasteiger partial charge in [0, 0.05) is 5.75 Å². The average Bonchev–Trinajstić information content (AvgIpc) is 2.89. The number of rotatable bonds is 4. The highest BCUT2D eigenvalue weighted by Crippen LogP contribution is 2.36. The maximum Gasteiger partial charge on any atom is 0.280 e. The molecule has 0 bridgehead atoms. The molecule has 4 nitrogen and oxygen atoms in total. The first-order valence-electron chi connectivity index (χ1n) is 7.18. The maximum absolute atomic E-state index is 13.1. The summed E-state index contributed by atoms with van der Waals surface area (Å²) in [7, 11) is 0. The molecule has 1 atom stereocenters. The summed E-state index contributed by atoms with van der Waals surface area (Å²) in [6.45, 7) is 0. The highest BCUT2D eigenvalue weighted by Gasteiger charge is 2.49. The van der Waals surface area contributed by atoms with Gasteiger partial charge in [-0.1, -0.05) is 60.3 Å². The molecule has 0 radical (unpaired) electrons. The van der Waals surface area contributed by atoms with Gasteiger partial charge in [0.15, 0.2) is 10.7 Å². The number of benzene rings is 2. The second kappa shape index (κ2) is 6.68. The van der Waals surface area contributed by atoms with Gasteiger partial charge in [0.05, 0.1) is 5.69 Å². The lowest BCUT2D eigenvalue weighted by atomic mass is 9.92. The van der Waals surface area contributed by atoms with Crippen LogP contribution in [-0.2, 0) is 10.3 Å². The topological polar surface area (TPSA) is 44.7 Å². The summed E-state index contributed by atoms with van der Waals surface area (Å²) in [4.78, 5) is 17.8. The van der Waals surface area contributed by atoms with Gasteiger partial charge in [-0.15, -0.1) is 0 Å². The number of thioether (sulfide) groups is 1. The van der Waals surface area contributed by atoms with Crippen molar-refractivity contribution in [3.63, 3.8) is 0 Å². The van der Waals surface area contributed by atoms with Gasteiger partial charge in [-0.2, -0.15) is 17.6 Å². The zero-order valence-corrected chi connectivity index (χ0v) is 14.3. The van der Waals surface area contributed by atoms with E-state index in [2.05, 4.69) is 18.1 Å². The first kappa shape index (κ1) is 16.0. The molecule has 1 unspecified atom stereocenters. The number of carbonyl (C=O) groups is 1. The van der Waals surface area contributed by atoms with Crippen LogP contribution in [0.1, 0.15) is 5.56 Å². The van der Waals surface area contributed by atoms with Gasteiger partial charge in [-0.25, -0.2) is 4.99 Å². The fourth-order valence-electron chi connectivity index (χ4n) is 2.51. The van der Waals surface area contributed by atoms with Crippen LogP contribution in [0.2, 0.25) is 0 Å². The van der Waals surface area contributed by atoms with E-state index < -0.39 is 5.54 Å². The molecule has 0 spiro atoms. The molecule has 0 aliphatic carbocycles. The van der Waals surface area contributed by atoms with Crippen molar-refractivity contribution in [1.82, 2.24) is 5.01 Å². The number of hydrogen-bond donors (Lipinski definition) is 2. The molecule has 0 aromatic heterocycles. The molecule has 0 fully saturated rings. The number of hydrogen-bond acceptors (Lipinski definition) is 5. The molecule has 23 heavy (non-hydrogen) atoms. The van der Waals surface area contributed by atoms with Crippen LogP contribution in [0.25, 0.3) is 0 Å². The largest absolute Gasteiger partial charge is 0.289 e. The third kappa shape index (κ3) is 2.84. The van der Waals surface area contributed by atoms with Crippen molar-refractivity contribution in [2.45, 2.75) is 5.54 Å². The van der Waals surface area contributed by atoms with E-state index in [0.717, 1.165) is 11.3 Å². The summed E-state index contributed by atoms with van der Waals surface area (Å²) in [5.74, 6) is 0.194. The minimum atomic E-state index is -0.982. The Bertz CT molecular complexity index is 721. The van der Waals surface area contributed by atoms with Crippen LogP contribution in [0.5, 0.6) is 0 Å². The van der Waals surface area contributed by atoms with Crippen molar-refractivity contribution < 1.29 is 4.79 Å². The van der Waals surface area contributed by atoms with E-state index in [1.54, 1.807) is 0 Å². The van der Waals surface area contributed by atoms with E-state index in [0.29, 0.717) is 10.9 Å². The number of nitrogens with one attached hydrogen (secondary N) is 1. The molecule has 0 saturated heterocycles. The molecule has 1 N–H and O–H groups in total. The van der Waals surface area contributed by atoms with Crippen LogP contribution < -0.4 is 5.43 Å².